The fraction of sp³-hybridized carbons (Fsp3) is 0.833. The summed E-state index contributed by atoms with van der Waals surface area (Å²) in [6, 6.07) is 0. The molecule has 0 saturated heterocycles. The van der Waals surface area contributed by atoms with Crippen molar-refractivity contribution in [3.05, 3.63) is 11.9 Å². The first-order valence-corrected chi connectivity index (χ1v) is 6.58. The minimum atomic E-state index is 0.465. The highest BCUT2D eigenvalue weighted by Crippen LogP contribution is 2.42. The Morgan fingerprint density at radius 2 is 2.35 bits per heavy atom. The van der Waals surface area contributed by atoms with E-state index in [1.54, 1.807) is 0 Å². The zero-order valence-electron chi connectivity index (χ0n) is 10.7. The third-order valence-corrected chi connectivity index (χ3v) is 3.98. The first-order valence-electron chi connectivity index (χ1n) is 6.58. The van der Waals surface area contributed by atoms with E-state index in [4.69, 9.17) is 5.73 Å². The van der Waals surface area contributed by atoms with E-state index in [1.807, 2.05) is 10.9 Å². The molecule has 1 heterocycles. The van der Waals surface area contributed by atoms with Gasteiger partial charge in [0.05, 0.1) is 12.2 Å². The standard InChI is InChI=1S/C12H23N5/c1-2-12(4-3-5-12)10-14-6-7-17-9-11(8-13)15-16-17/h9,14H,2-8,10,13H2,1H3. The minimum absolute atomic E-state index is 0.465. The lowest BCUT2D eigenvalue weighted by Gasteiger charge is -2.41. The predicted octanol–water partition coefficient (Wildman–Crippen LogP) is 0.907. The van der Waals surface area contributed by atoms with Gasteiger partial charge in [0.15, 0.2) is 0 Å². The molecule has 0 aromatic carbocycles. The summed E-state index contributed by atoms with van der Waals surface area (Å²) >= 11 is 0. The first kappa shape index (κ1) is 12.5. The van der Waals surface area contributed by atoms with Crippen LogP contribution in [0.25, 0.3) is 0 Å². The Labute approximate surface area is 103 Å². The summed E-state index contributed by atoms with van der Waals surface area (Å²) in [5, 5.41) is 11.5. The van der Waals surface area contributed by atoms with Gasteiger partial charge in [-0.25, -0.2) is 0 Å². The van der Waals surface area contributed by atoms with Gasteiger partial charge in [0.25, 0.3) is 0 Å². The second-order valence-corrected chi connectivity index (χ2v) is 5.06. The number of aromatic nitrogens is 3. The smallest absolute Gasteiger partial charge is 0.0962 e. The van der Waals surface area contributed by atoms with Crippen molar-refractivity contribution < 1.29 is 0 Å². The summed E-state index contributed by atoms with van der Waals surface area (Å²) in [6.45, 7) is 5.72. The van der Waals surface area contributed by atoms with Gasteiger partial charge in [0.1, 0.15) is 0 Å². The second-order valence-electron chi connectivity index (χ2n) is 5.06. The van der Waals surface area contributed by atoms with Crippen LogP contribution in [0.4, 0.5) is 0 Å². The molecule has 0 spiro atoms. The molecule has 0 amide bonds. The third-order valence-electron chi connectivity index (χ3n) is 3.98. The highest BCUT2D eigenvalue weighted by atomic mass is 15.4. The van der Waals surface area contributed by atoms with Gasteiger partial charge >= 0.3 is 0 Å². The molecule has 0 radical (unpaired) electrons. The molecule has 1 fully saturated rings. The van der Waals surface area contributed by atoms with E-state index >= 15 is 0 Å². The topological polar surface area (TPSA) is 68.8 Å². The molecular weight excluding hydrogens is 214 g/mol. The molecule has 1 saturated carbocycles. The highest BCUT2D eigenvalue weighted by molar-refractivity contribution is 4.90. The molecular formula is C12H23N5. The largest absolute Gasteiger partial charge is 0.325 e. The lowest BCUT2D eigenvalue weighted by molar-refractivity contribution is 0.124. The fourth-order valence-corrected chi connectivity index (χ4v) is 2.42. The SMILES string of the molecule is CCC1(CNCCn2cc(CN)nn2)CCC1. The van der Waals surface area contributed by atoms with Gasteiger partial charge < -0.3 is 11.1 Å². The Kier molecular flexibility index (Phi) is 4.12. The third kappa shape index (κ3) is 3.04. The molecule has 5 nitrogen and oxygen atoms in total. The number of hydrogen-bond donors (Lipinski definition) is 2. The molecule has 17 heavy (non-hydrogen) atoms. The molecule has 1 aliphatic carbocycles. The van der Waals surface area contributed by atoms with Crippen LogP contribution in [0.1, 0.15) is 38.3 Å². The average molecular weight is 237 g/mol. The monoisotopic (exact) mass is 237 g/mol. The molecule has 0 aliphatic heterocycles. The van der Waals surface area contributed by atoms with Crippen molar-refractivity contribution in [2.24, 2.45) is 11.1 Å². The molecule has 5 heteroatoms. The second kappa shape index (κ2) is 5.60. The molecule has 0 bridgehead atoms. The first-order chi connectivity index (χ1) is 8.28. The van der Waals surface area contributed by atoms with E-state index in [-0.39, 0.29) is 0 Å². The molecule has 2 rings (SSSR count). The normalized spacial score (nSPS) is 18.0. The van der Waals surface area contributed by atoms with Crippen molar-refractivity contribution in [1.82, 2.24) is 20.3 Å². The van der Waals surface area contributed by atoms with E-state index < -0.39 is 0 Å². The quantitative estimate of drug-likeness (QED) is 0.692. The zero-order chi connectivity index (χ0) is 12.1. The van der Waals surface area contributed by atoms with Crippen molar-refractivity contribution in [3.8, 4) is 0 Å². The van der Waals surface area contributed by atoms with Crippen molar-refractivity contribution in [1.29, 1.82) is 0 Å². The number of rotatable bonds is 7. The van der Waals surface area contributed by atoms with Gasteiger partial charge in [-0.1, -0.05) is 18.6 Å². The van der Waals surface area contributed by atoms with Crippen LogP contribution in [0.5, 0.6) is 0 Å². The van der Waals surface area contributed by atoms with Gasteiger partial charge in [0, 0.05) is 25.8 Å². The molecule has 1 aliphatic rings. The summed E-state index contributed by atoms with van der Waals surface area (Å²) < 4.78 is 1.86. The van der Waals surface area contributed by atoms with Crippen molar-refractivity contribution in [3.63, 3.8) is 0 Å². The van der Waals surface area contributed by atoms with E-state index in [0.29, 0.717) is 12.0 Å². The molecule has 0 atom stereocenters. The van der Waals surface area contributed by atoms with Crippen LogP contribution in [0.15, 0.2) is 6.20 Å². The van der Waals surface area contributed by atoms with Crippen LogP contribution in [0.3, 0.4) is 0 Å². The van der Waals surface area contributed by atoms with Gasteiger partial charge in [-0.15, -0.1) is 5.10 Å². The van der Waals surface area contributed by atoms with E-state index in [0.717, 1.165) is 25.3 Å². The van der Waals surface area contributed by atoms with Crippen LogP contribution >= 0.6 is 0 Å². The number of hydrogen-bond acceptors (Lipinski definition) is 4. The molecule has 96 valence electrons. The van der Waals surface area contributed by atoms with Crippen LogP contribution < -0.4 is 11.1 Å². The predicted molar refractivity (Wildman–Crippen MR) is 67.4 cm³/mol. The molecule has 3 N–H and O–H groups in total. The fourth-order valence-electron chi connectivity index (χ4n) is 2.42. The summed E-state index contributed by atoms with van der Waals surface area (Å²) in [7, 11) is 0. The van der Waals surface area contributed by atoms with Crippen LogP contribution in [0.2, 0.25) is 0 Å². The Hall–Kier alpha value is -0.940. The number of nitrogens with zero attached hydrogens (tertiary/aromatic N) is 3. The summed E-state index contributed by atoms with van der Waals surface area (Å²) in [5.74, 6) is 0. The number of nitrogens with two attached hydrogens (primary N) is 1. The summed E-state index contributed by atoms with van der Waals surface area (Å²) in [4.78, 5) is 0. The average Bonchev–Trinajstić information content (AvgIpc) is 2.75. The maximum Gasteiger partial charge on any atom is 0.0962 e. The maximum absolute atomic E-state index is 5.49. The Morgan fingerprint density at radius 3 is 2.88 bits per heavy atom. The van der Waals surface area contributed by atoms with Crippen molar-refractivity contribution in [2.75, 3.05) is 13.1 Å². The number of nitrogens with one attached hydrogen (secondary N) is 1. The highest BCUT2D eigenvalue weighted by Gasteiger charge is 2.34. The lowest BCUT2D eigenvalue weighted by atomic mass is 9.67. The van der Waals surface area contributed by atoms with Gasteiger partial charge in [-0.2, -0.15) is 0 Å². The van der Waals surface area contributed by atoms with Gasteiger partial charge in [-0.05, 0) is 24.7 Å². The zero-order valence-corrected chi connectivity index (χ0v) is 10.7. The lowest BCUT2D eigenvalue weighted by Crippen LogP contribution is -2.40. The van der Waals surface area contributed by atoms with Gasteiger partial charge in [0.2, 0.25) is 0 Å². The van der Waals surface area contributed by atoms with Crippen LogP contribution in [-0.4, -0.2) is 28.1 Å². The van der Waals surface area contributed by atoms with E-state index in [1.165, 1.54) is 25.7 Å². The van der Waals surface area contributed by atoms with E-state index in [9.17, 15) is 0 Å². The van der Waals surface area contributed by atoms with Crippen LogP contribution in [0, 0.1) is 5.41 Å². The summed E-state index contributed by atoms with van der Waals surface area (Å²) in [6.07, 6.45) is 7.38. The molecule has 1 aromatic rings. The Morgan fingerprint density at radius 1 is 1.53 bits per heavy atom. The summed E-state index contributed by atoms with van der Waals surface area (Å²) in [5.41, 5.74) is 6.93. The molecule has 0 unspecified atom stereocenters. The van der Waals surface area contributed by atoms with Gasteiger partial charge in [-0.3, -0.25) is 4.68 Å². The minimum Gasteiger partial charge on any atom is -0.325 e. The van der Waals surface area contributed by atoms with E-state index in [2.05, 4.69) is 22.6 Å². The van der Waals surface area contributed by atoms with Crippen LogP contribution in [-0.2, 0) is 13.1 Å². The van der Waals surface area contributed by atoms with Crippen molar-refractivity contribution >= 4 is 0 Å². The Balaban J connectivity index is 1.66. The maximum atomic E-state index is 5.49. The molecule has 1 aromatic heterocycles. The Bertz CT molecular complexity index is 337. The van der Waals surface area contributed by atoms with Crippen molar-refractivity contribution in [2.45, 2.75) is 45.7 Å².